The standard InChI is InChI=1S/C15H17BrN2/c1-18(11-12-5-3-2-4-6-12)15-9-14(16)8-7-13(15)10-17/h2-9H,10-11,17H2,1H3. The summed E-state index contributed by atoms with van der Waals surface area (Å²) >= 11 is 3.51. The van der Waals surface area contributed by atoms with E-state index in [2.05, 4.69) is 64.3 Å². The van der Waals surface area contributed by atoms with Crippen LogP contribution in [0.4, 0.5) is 5.69 Å². The maximum atomic E-state index is 5.79. The summed E-state index contributed by atoms with van der Waals surface area (Å²) in [6.45, 7) is 1.44. The molecule has 0 saturated heterocycles. The first-order valence-electron chi connectivity index (χ1n) is 5.94. The van der Waals surface area contributed by atoms with E-state index >= 15 is 0 Å². The van der Waals surface area contributed by atoms with Gasteiger partial charge in [0.05, 0.1) is 0 Å². The minimum Gasteiger partial charge on any atom is -0.370 e. The quantitative estimate of drug-likeness (QED) is 0.936. The average molecular weight is 305 g/mol. The van der Waals surface area contributed by atoms with Crippen molar-refractivity contribution in [2.45, 2.75) is 13.1 Å². The zero-order valence-corrected chi connectivity index (χ0v) is 12.0. The van der Waals surface area contributed by atoms with Crippen molar-refractivity contribution in [3.63, 3.8) is 0 Å². The maximum absolute atomic E-state index is 5.79. The highest BCUT2D eigenvalue weighted by Crippen LogP contribution is 2.25. The Hall–Kier alpha value is -1.32. The van der Waals surface area contributed by atoms with Gasteiger partial charge in [-0.1, -0.05) is 52.3 Å². The molecular formula is C15H17BrN2. The lowest BCUT2D eigenvalue weighted by atomic mass is 10.1. The predicted molar refractivity (Wildman–Crippen MR) is 80.6 cm³/mol. The normalized spacial score (nSPS) is 10.4. The summed E-state index contributed by atoms with van der Waals surface area (Å²) in [6, 6.07) is 16.6. The fourth-order valence-corrected chi connectivity index (χ4v) is 2.36. The van der Waals surface area contributed by atoms with Crippen molar-refractivity contribution in [1.29, 1.82) is 0 Å². The van der Waals surface area contributed by atoms with Gasteiger partial charge in [-0.05, 0) is 23.3 Å². The molecule has 3 heteroatoms. The summed E-state index contributed by atoms with van der Waals surface area (Å²) in [7, 11) is 2.09. The van der Waals surface area contributed by atoms with E-state index < -0.39 is 0 Å². The molecule has 2 aromatic rings. The smallest absolute Gasteiger partial charge is 0.0426 e. The summed E-state index contributed by atoms with van der Waals surface area (Å²) in [5.74, 6) is 0. The zero-order valence-electron chi connectivity index (χ0n) is 10.4. The summed E-state index contributed by atoms with van der Waals surface area (Å²) < 4.78 is 1.08. The summed E-state index contributed by atoms with van der Waals surface area (Å²) in [5.41, 5.74) is 9.42. The van der Waals surface area contributed by atoms with Crippen molar-refractivity contribution in [3.05, 3.63) is 64.1 Å². The van der Waals surface area contributed by atoms with Gasteiger partial charge >= 0.3 is 0 Å². The van der Waals surface area contributed by atoms with E-state index in [9.17, 15) is 0 Å². The van der Waals surface area contributed by atoms with Gasteiger partial charge in [-0.3, -0.25) is 0 Å². The number of rotatable bonds is 4. The van der Waals surface area contributed by atoms with E-state index in [0.717, 1.165) is 16.6 Å². The van der Waals surface area contributed by atoms with Gasteiger partial charge in [0.25, 0.3) is 0 Å². The number of hydrogen-bond donors (Lipinski definition) is 1. The summed E-state index contributed by atoms with van der Waals surface area (Å²) in [6.07, 6.45) is 0. The number of halogens is 1. The van der Waals surface area contributed by atoms with Crippen molar-refractivity contribution >= 4 is 21.6 Å². The summed E-state index contributed by atoms with van der Waals surface area (Å²) in [4.78, 5) is 2.22. The number of hydrogen-bond acceptors (Lipinski definition) is 2. The Morgan fingerprint density at radius 2 is 1.83 bits per heavy atom. The van der Waals surface area contributed by atoms with Crippen LogP contribution in [0.3, 0.4) is 0 Å². The molecule has 0 radical (unpaired) electrons. The van der Waals surface area contributed by atoms with E-state index in [1.807, 2.05) is 12.1 Å². The Morgan fingerprint density at radius 1 is 1.11 bits per heavy atom. The second-order valence-corrected chi connectivity index (χ2v) is 5.23. The van der Waals surface area contributed by atoms with E-state index in [1.54, 1.807) is 0 Å². The molecule has 2 N–H and O–H groups in total. The first kappa shape index (κ1) is 13.1. The predicted octanol–water partition coefficient (Wildman–Crippen LogP) is 3.54. The molecule has 0 spiro atoms. The maximum Gasteiger partial charge on any atom is 0.0426 e. The molecule has 0 amide bonds. The highest BCUT2D eigenvalue weighted by molar-refractivity contribution is 9.10. The van der Waals surface area contributed by atoms with Crippen LogP contribution in [-0.2, 0) is 13.1 Å². The molecule has 0 aromatic heterocycles. The minimum absolute atomic E-state index is 0.557. The SMILES string of the molecule is CN(Cc1ccccc1)c1cc(Br)ccc1CN. The molecule has 0 aliphatic heterocycles. The molecule has 0 saturated carbocycles. The molecule has 18 heavy (non-hydrogen) atoms. The fourth-order valence-electron chi connectivity index (χ4n) is 2.01. The van der Waals surface area contributed by atoms with Crippen LogP contribution in [0.5, 0.6) is 0 Å². The van der Waals surface area contributed by atoms with Crippen LogP contribution in [-0.4, -0.2) is 7.05 Å². The molecule has 0 aliphatic rings. The third-order valence-corrected chi connectivity index (χ3v) is 3.43. The lowest BCUT2D eigenvalue weighted by Gasteiger charge is -2.22. The Kier molecular flexibility index (Phi) is 4.39. The van der Waals surface area contributed by atoms with E-state index in [4.69, 9.17) is 5.73 Å². The van der Waals surface area contributed by atoms with Gasteiger partial charge < -0.3 is 10.6 Å². The van der Waals surface area contributed by atoms with Gasteiger partial charge in [0, 0.05) is 30.3 Å². The molecule has 0 heterocycles. The number of nitrogens with zero attached hydrogens (tertiary/aromatic N) is 1. The molecule has 0 aliphatic carbocycles. The largest absolute Gasteiger partial charge is 0.370 e. The molecule has 2 rings (SSSR count). The van der Waals surface area contributed by atoms with Gasteiger partial charge in [0.15, 0.2) is 0 Å². The van der Waals surface area contributed by atoms with Crippen molar-refractivity contribution in [1.82, 2.24) is 0 Å². The van der Waals surface area contributed by atoms with E-state index in [1.165, 1.54) is 11.3 Å². The zero-order chi connectivity index (χ0) is 13.0. The Labute approximate surface area is 117 Å². The lowest BCUT2D eigenvalue weighted by Crippen LogP contribution is -2.18. The van der Waals surface area contributed by atoms with Crippen LogP contribution < -0.4 is 10.6 Å². The van der Waals surface area contributed by atoms with Gasteiger partial charge in [-0.25, -0.2) is 0 Å². The molecular weight excluding hydrogens is 288 g/mol. The molecule has 2 aromatic carbocycles. The second kappa shape index (κ2) is 6.03. The highest BCUT2D eigenvalue weighted by Gasteiger charge is 2.07. The molecule has 0 atom stereocenters. The molecule has 0 fully saturated rings. The third kappa shape index (κ3) is 3.12. The molecule has 0 bridgehead atoms. The van der Waals surface area contributed by atoms with Crippen molar-refractivity contribution in [3.8, 4) is 0 Å². The van der Waals surface area contributed by atoms with Crippen LogP contribution in [0.1, 0.15) is 11.1 Å². The first-order valence-corrected chi connectivity index (χ1v) is 6.73. The number of nitrogens with two attached hydrogens (primary N) is 1. The topological polar surface area (TPSA) is 29.3 Å². The van der Waals surface area contributed by atoms with Crippen molar-refractivity contribution < 1.29 is 0 Å². The van der Waals surface area contributed by atoms with Gasteiger partial charge in [0.2, 0.25) is 0 Å². The van der Waals surface area contributed by atoms with Crippen LogP contribution in [0.25, 0.3) is 0 Å². The first-order chi connectivity index (χ1) is 8.70. The van der Waals surface area contributed by atoms with Crippen molar-refractivity contribution in [2.75, 3.05) is 11.9 Å². The fraction of sp³-hybridized carbons (Fsp3) is 0.200. The van der Waals surface area contributed by atoms with Gasteiger partial charge in [-0.2, -0.15) is 0 Å². The molecule has 94 valence electrons. The van der Waals surface area contributed by atoms with Gasteiger partial charge in [0.1, 0.15) is 0 Å². The second-order valence-electron chi connectivity index (χ2n) is 4.32. The minimum atomic E-state index is 0.557. The lowest BCUT2D eigenvalue weighted by molar-refractivity contribution is 0.903. The highest BCUT2D eigenvalue weighted by atomic mass is 79.9. The van der Waals surface area contributed by atoms with Crippen LogP contribution >= 0.6 is 15.9 Å². The molecule has 2 nitrogen and oxygen atoms in total. The Balaban J connectivity index is 2.23. The Bertz CT molecular complexity index is 511. The monoisotopic (exact) mass is 304 g/mol. The van der Waals surface area contributed by atoms with Crippen LogP contribution in [0.15, 0.2) is 53.0 Å². The van der Waals surface area contributed by atoms with Crippen molar-refractivity contribution in [2.24, 2.45) is 5.73 Å². The average Bonchev–Trinajstić information content (AvgIpc) is 2.40. The summed E-state index contributed by atoms with van der Waals surface area (Å²) in [5, 5.41) is 0. The van der Waals surface area contributed by atoms with Gasteiger partial charge in [-0.15, -0.1) is 0 Å². The van der Waals surface area contributed by atoms with Crippen LogP contribution in [0.2, 0.25) is 0 Å². The van der Waals surface area contributed by atoms with Crippen LogP contribution in [0, 0.1) is 0 Å². The number of benzene rings is 2. The molecule has 0 unspecified atom stereocenters. The van der Waals surface area contributed by atoms with E-state index in [0.29, 0.717) is 6.54 Å². The van der Waals surface area contributed by atoms with E-state index in [-0.39, 0.29) is 0 Å². The number of anilines is 1. The Morgan fingerprint density at radius 3 is 2.50 bits per heavy atom. The third-order valence-electron chi connectivity index (χ3n) is 2.94.